The van der Waals surface area contributed by atoms with Gasteiger partial charge in [-0.25, -0.2) is 0 Å². The third kappa shape index (κ3) is 4.08. The predicted molar refractivity (Wildman–Crippen MR) is 91.6 cm³/mol. The van der Waals surface area contributed by atoms with Gasteiger partial charge in [-0.3, -0.25) is 4.68 Å². The van der Waals surface area contributed by atoms with Crippen molar-refractivity contribution in [3.8, 4) is 0 Å². The van der Waals surface area contributed by atoms with Crippen LogP contribution in [0.4, 0.5) is 0 Å². The van der Waals surface area contributed by atoms with Crippen molar-refractivity contribution in [2.24, 2.45) is 0 Å². The first-order valence-electron chi connectivity index (χ1n) is 8.18. The molecular formula is C16H30BrN3O. The van der Waals surface area contributed by atoms with Crippen LogP contribution in [-0.4, -0.2) is 28.5 Å². The van der Waals surface area contributed by atoms with Crippen LogP contribution in [-0.2, 0) is 11.3 Å². The molecule has 0 aliphatic rings. The predicted octanol–water partition coefficient (Wildman–Crippen LogP) is 4.30. The molecule has 0 bridgehead atoms. The van der Waals surface area contributed by atoms with Crippen LogP contribution in [0.1, 0.15) is 65.6 Å². The van der Waals surface area contributed by atoms with Crippen LogP contribution in [0.5, 0.6) is 0 Å². The quantitative estimate of drug-likeness (QED) is 0.676. The zero-order valence-corrected chi connectivity index (χ0v) is 15.7. The minimum Gasteiger partial charge on any atom is -0.373 e. The van der Waals surface area contributed by atoms with E-state index < -0.39 is 0 Å². The Morgan fingerprint density at radius 3 is 2.43 bits per heavy atom. The normalized spacial score (nSPS) is 13.6. The molecule has 0 aliphatic carbocycles. The number of rotatable bonds is 10. The molecule has 0 aromatic carbocycles. The summed E-state index contributed by atoms with van der Waals surface area (Å²) in [5.41, 5.74) is 1.00. The molecule has 1 aromatic heterocycles. The maximum Gasteiger partial charge on any atom is 0.0886 e. The molecule has 1 aromatic rings. The van der Waals surface area contributed by atoms with E-state index in [0.717, 1.165) is 43.4 Å². The number of aromatic nitrogens is 2. The standard InChI is InChI=1S/C16H30BrN3O/c1-6-11-18-15(16(7-2,8-3)21-10-5)14-13(17)12-19-20(14)9-4/h12,15,18H,6-11H2,1-5H3. The van der Waals surface area contributed by atoms with E-state index in [9.17, 15) is 0 Å². The Morgan fingerprint density at radius 2 is 1.95 bits per heavy atom. The number of hydrogen-bond acceptors (Lipinski definition) is 3. The lowest BCUT2D eigenvalue weighted by atomic mass is 9.85. The second-order valence-corrected chi connectivity index (χ2v) is 6.14. The number of ether oxygens (including phenoxy) is 1. The summed E-state index contributed by atoms with van der Waals surface area (Å²) in [6, 6.07) is 0.143. The van der Waals surface area contributed by atoms with Crippen molar-refractivity contribution in [3.05, 3.63) is 16.4 Å². The second kappa shape index (κ2) is 8.91. The van der Waals surface area contributed by atoms with Crippen molar-refractivity contribution in [2.75, 3.05) is 13.2 Å². The van der Waals surface area contributed by atoms with Crippen LogP contribution >= 0.6 is 15.9 Å². The first-order chi connectivity index (χ1) is 10.1. The molecule has 0 spiro atoms. The Bertz CT molecular complexity index is 416. The zero-order chi connectivity index (χ0) is 15.9. The Morgan fingerprint density at radius 1 is 1.29 bits per heavy atom. The summed E-state index contributed by atoms with van der Waals surface area (Å²) in [4.78, 5) is 0. The van der Waals surface area contributed by atoms with Gasteiger partial charge in [0.25, 0.3) is 0 Å². The highest BCUT2D eigenvalue weighted by molar-refractivity contribution is 9.10. The van der Waals surface area contributed by atoms with Crippen LogP contribution in [0, 0.1) is 0 Å². The molecular weight excluding hydrogens is 330 g/mol. The molecule has 0 saturated heterocycles. The molecule has 4 nitrogen and oxygen atoms in total. The highest BCUT2D eigenvalue weighted by atomic mass is 79.9. The number of halogens is 1. The van der Waals surface area contributed by atoms with E-state index in [2.05, 4.69) is 65.6 Å². The summed E-state index contributed by atoms with van der Waals surface area (Å²) in [7, 11) is 0. The summed E-state index contributed by atoms with van der Waals surface area (Å²) < 4.78 is 9.37. The lowest BCUT2D eigenvalue weighted by Crippen LogP contribution is -2.47. The van der Waals surface area contributed by atoms with Crippen molar-refractivity contribution in [1.82, 2.24) is 15.1 Å². The van der Waals surface area contributed by atoms with Gasteiger partial charge in [0.05, 0.1) is 28.0 Å². The fourth-order valence-electron chi connectivity index (χ4n) is 2.96. The van der Waals surface area contributed by atoms with Crippen molar-refractivity contribution < 1.29 is 4.74 Å². The van der Waals surface area contributed by atoms with E-state index in [1.54, 1.807) is 0 Å². The van der Waals surface area contributed by atoms with Crippen LogP contribution < -0.4 is 5.32 Å². The van der Waals surface area contributed by atoms with Crippen molar-refractivity contribution in [2.45, 2.75) is 72.1 Å². The highest BCUT2D eigenvalue weighted by Crippen LogP contribution is 2.38. The monoisotopic (exact) mass is 359 g/mol. The fourth-order valence-corrected chi connectivity index (χ4v) is 3.49. The van der Waals surface area contributed by atoms with Crippen LogP contribution in [0.25, 0.3) is 0 Å². The molecule has 0 fully saturated rings. The number of nitrogens with one attached hydrogen (secondary N) is 1. The van der Waals surface area contributed by atoms with E-state index in [4.69, 9.17) is 4.74 Å². The number of hydrogen-bond donors (Lipinski definition) is 1. The highest BCUT2D eigenvalue weighted by Gasteiger charge is 2.40. The van der Waals surface area contributed by atoms with Crippen molar-refractivity contribution >= 4 is 15.9 Å². The third-order valence-corrected chi connectivity index (χ3v) is 4.77. The van der Waals surface area contributed by atoms with E-state index in [1.807, 2.05) is 6.20 Å². The molecule has 1 unspecified atom stereocenters. The van der Waals surface area contributed by atoms with Gasteiger partial charge in [-0.15, -0.1) is 0 Å². The largest absolute Gasteiger partial charge is 0.373 e. The first kappa shape index (κ1) is 18.7. The molecule has 0 aliphatic heterocycles. The van der Waals surface area contributed by atoms with Gasteiger partial charge in [-0.1, -0.05) is 20.8 Å². The van der Waals surface area contributed by atoms with Gasteiger partial charge in [-0.05, 0) is 55.6 Å². The maximum absolute atomic E-state index is 6.24. The Kier molecular flexibility index (Phi) is 7.92. The molecule has 21 heavy (non-hydrogen) atoms. The summed E-state index contributed by atoms with van der Waals surface area (Å²) in [5.74, 6) is 0. The summed E-state index contributed by atoms with van der Waals surface area (Å²) in [5, 5.41) is 8.18. The molecule has 0 radical (unpaired) electrons. The van der Waals surface area contributed by atoms with Crippen LogP contribution in [0.3, 0.4) is 0 Å². The average Bonchev–Trinajstić information content (AvgIpc) is 2.87. The second-order valence-electron chi connectivity index (χ2n) is 5.29. The summed E-state index contributed by atoms with van der Waals surface area (Å²) >= 11 is 3.67. The smallest absolute Gasteiger partial charge is 0.0886 e. The lowest BCUT2D eigenvalue weighted by molar-refractivity contribution is -0.0752. The molecule has 1 atom stereocenters. The van der Waals surface area contributed by atoms with E-state index in [-0.39, 0.29) is 11.6 Å². The van der Waals surface area contributed by atoms with Crippen molar-refractivity contribution in [3.63, 3.8) is 0 Å². The topological polar surface area (TPSA) is 39.1 Å². The van der Waals surface area contributed by atoms with Crippen LogP contribution in [0.15, 0.2) is 10.7 Å². The zero-order valence-electron chi connectivity index (χ0n) is 14.1. The van der Waals surface area contributed by atoms with Gasteiger partial charge in [-0.2, -0.15) is 5.10 Å². The average molecular weight is 360 g/mol. The minimum absolute atomic E-state index is 0.143. The SMILES string of the molecule is CCCNC(c1c(Br)cnn1CC)C(CC)(CC)OCC. The Balaban J connectivity index is 3.28. The minimum atomic E-state index is -0.195. The van der Waals surface area contributed by atoms with Crippen molar-refractivity contribution in [1.29, 1.82) is 0 Å². The van der Waals surface area contributed by atoms with Gasteiger partial charge < -0.3 is 10.1 Å². The van der Waals surface area contributed by atoms with Gasteiger partial charge in [0.15, 0.2) is 0 Å². The fraction of sp³-hybridized carbons (Fsp3) is 0.812. The molecule has 0 amide bonds. The first-order valence-corrected chi connectivity index (χ1v) is 8.97. The maximum atomic E-state index is 6.24. The van der Waals surface area contributed by atoms with E-state index in [0.29, 0.717) is 0 Å². The summed E-state index contributed by atoms with van der Waals surface area (Å²) in [6.45, 7) is 13.4. The molecule has 122 valence electrons. The lowest BCUT2D eigenvalue weighted by Gasteiger charge is -2.40. The number of aryl methyl sites for hydroxylation is 1. The van der Waals surface area contributed by atoms with Crippen LogP contribution in [0.2, 0.25) is 0 Å². The van der Waals surface area contributed by atoms with Gasteiger partial charge in [0, 0.05) is 13.2 Å². The van der Waals surface area contributed by atoms with Gasteiger partial charge in [0.2, 0.25) is 0 Å². The molecule has 1 heterocycles. The Labute approximate surface area is 137 Å². The molecule has 0 saturated carbocycles. The van der Waals surface area contributed by atoms with E-state index in [1.165, 1.54) is 5.69 Å². The third-order valence-electron chi connectivity index (χ3n) is 4.16. The number of nitrogens with zero attached hydrogens (tertiary/aromatic N) is 2. The summed E-state index contributed by atoms with van der Waals surface area (Å²) in [6.07, 6.45) is 4.94. The van der Waals surface area contributed by atoms with Gasteiger partial charge in [0.1, 0.15) is 0 Å². The van der Waals surface area contributed by atoms with Gasteiger partial charge >= 0.3 is 0 Å². The van der Waals surface area contributed by atoms with E-state index >= 15 is 0 Å². The molecule has 1 rings (SSSR count). The Hall–Kier alpha value is -0.390. The molecule has 1 N–H and O–H groups in total. The molecule has 5 heteroatoms.